The van der Waals surface area contributed by atoms with Gasteiger partial charge in [-0.05, 0) is 60.0 Å². The fourth-order valence-corrected chi connectivity index (χ4v) is 5.87. The number of aryl methyl sites for hydroxylation is 1. The van der Waals surface area contributed by atoms with Gasteiger partial charge in [-0.3, -0.25) is 0 Å². The van der Waals surface area contributed by atoms with E-state index in [2.05, 4.69) is 115 Å². The molecule has 6 aromatic rings. The highest BCUT2D eigenvalue weighted by Crippen LogP contribution is 2.38. The van der Waals surface area contributed by atoms with Gasteiger partial charge in [0.05, 0.1) is 0 Å². The molecule has 0 aliphatic rings. The molecule has 0 saturated carbocycles. The smallest absolute Gasteiger partial charge is 0.0494 e. The average molecular weight is 430 g/mol. The summed E-state index contributed by atoms with van der Waals surface area (Å²) in [6.45, 7) is 2.04. The Morgan fingerprint density at radius 3 is 2.34 bits per heavy atom. The van der Waals surface area contributed by atoms with Crippen LogP contribution < -0.4 is 0 Å². The van der Waals surface area contributed by atoms with Crippen LogP contribution in [0, 0.1) is 0 Å². The third-order valence-electron chi connectivity index (χ3n) is 6.35. The summed E-state index contributed by atoms with van der Waals surface area (Å²) in [5, 5.41) is 5.30. The Balaban J connectivity index is 1.59. The van der Waals surface area contributed by atoms with Crippen molar-refractivity contribution < 1.29 is 0 Å². The largest absolute Gasteiger partial charge is 0.344 e. The van der Waals surface area contributed by atoms with Crippen molar-refractivity contribution in [1.29, 1.82) is 0 Å². The predicted molar refractivity (Wildman–Crippen MR) is 143 cm³/mol. The van der Waals surface area contributed by atoms with Crippen molar-refractivity contribution in [3.63, 3.8) is 0 Å². The lowest BCUT2D eigenvalue weighted by Gasteiger charge is -2.05. The first-order valence-electron chi connectivity index (χ1n) is 11.0. The summed E-state index contributed by atoms with van der Waals surface area (Å²) >= 11 is 1.87. The minimum Gasteiger partial charge on any atom is -0.344 e. The van der Waals surface area contributed by atoms with Crippen molar-refractivity contribution >= 4 is 59.4 Å². The molecule has 0 amide bonds. The summed E-state index contributed by atoms with van der Waals surface area (Å²) in [6.07, 6.45) is 8.46. The van der Waals surface area contributed by atoms with Gasteiger partial charge in [-0.2, -0.15) is 0 Å². The molecule has 4 aromatic carbocycles. The highest BCUT2D eigenvalue weighted by atomic mass is 32.1. The number of rotatable bonds is 3. The van der Waals surface area contributed by atoms with E-state index in [1.807, 2.05) is 18.3 Å². The van der Waals surface area contributed by atoms with Gasteiger partial charge in [-0.1, -0.05) is 66.8 Å². The van der Waals surface area contributed by atoms with Crippen molar-refractivity contribution in [3.8, 4) is 11.1 Å². The van der Waals surface area contributed by atoms with Crippen LogP contribution in [-0.2, 0) is 7.05 Å². The van der Waals surface area contributed by atoms with Gasteiger partial charge in [0.1, 0.15) is 0 Å². The molecule has 1 nitrogen and oxygen atoms in total. The second-order valence-corrected chi connectivity index (χ2v) is 9.31. The number of thiophene rings is 1. The molecule has 0 radical (unpaired) electrons. The Hall–Kier alpha value is -3.62. The number of nitrogens with zero attached hydrogens (tertiary/aromatic N) is 1. The second-order valence-electron chi connectivity index (χ2n) is 8.23. The Morgan fingerprint density at radius 2 is 1.47 bits per heavy atom. The fraction of sp³-hybridized carbons (Fsp3) is 0.0667. The van der Waals surface area contributed by atoms with E-state index in [-0.39, 0.29) is 0 Å². The Morgan fingerprint density at radius 1 is 0.688 bits per heavy atom. The van der Waals surface area contributed by atoms with Crippen LogP contribution in [0.25, 0.3) is 59.2 Å². The van der Waals surface area contributed by atoms with Crippen molar-refractivity contribution in [2.75, 3.05) is 0 Å². The lowest BCUT2D eigenvalue weighted by atomic mass is 9.99. The molecule has 32 heavy (non-hydrogen) atoms. The van der Waals surface area contributed by atoms with Gasteiger partial charge in [0.25, 0.3) is 0 Å². The second kappa shape index (κ2) is 7.51. The fourth-order valence-electron chi connectivity index (χ4n) is 4.78. The normalized spacial score (nSPS) is 12.4. The molecule has 0 unspecified atom stereocenters. The van der Waals surface area contributed by atoms with Crippen molar-refractivity contribution in [3.05, 3.63) is 103 Å². The van der Waals surface area contributed by atoms with Gasteiger partial charge < -0.3 is 4.57 Å². The SMILES string of the molecule is C/C=C\C=C/c1cccc2c1c1cc(-c3ccc4sc5ccccc5c4c3)ccc1n2C. The van der Waals surface area contributed by atoms with E-state index in [4.69, 9.17) is 0 Å². The highest BCUT2D eigenvalue weighted by molar-refractivity contribution is 7.25. The lowest BCUT2D eigenvalue weighted by Crippen LogP contribution is -1.86. The first kappa shape index (κ1) is 19.1. The molecule has 0 fully saturated rings. The van der Waals surface area contributed by atoms with Gasteiger partial charge >= 0.3 is 0 Å². The van der Waals surface area contributed by atoms with E-state index in [9.17, 15) is 0 Å². The maximum Gasteiger partial charge on any atom is 0.0494 e. The summed E-state index contributed by atoms with van der Waals surface area (Å²) in [5.74, 6) is 0. The molecular formula is C30H23NS. The predicted octanol–water partition coefficient (Wildman–Crippen LogP) is 8.96. The van der Waals surface area contributed by atoms with Crippen LogP contribution in [0.15, 0.2) is 97.1 Å². The molecule has 6 rings (SSSR count). The zero-order chi connectivity index (χ0) is 21.7. The molecule has 0 N–H and O–H groups in total. The summed E-state index contributed by atoms with van der Waals surface area (Å²) in [6, 6.07) is 29.0. The van der Waals surface area contributed by atoms with E-state index in [0.717, 1.165) is 0 Å². The number of hydrogen-bond donors (Lipinski definition) is 0. The minimum absolute atomic E-state index is 1.25. The number of aromatic nitrogens is 1. The van der Waals surface area contributed by atoms with Gasteiger partial charge in [0, 0.05) is 49.0 Å². The standard InChI is InChI=1S/C30H23NS/c1-3-4-5-9-20-10-8-12-27-30(20)25-19-21(14-16-26(25)31(27)2)22-15-17-29-24(18-22)23-11-6-7-13-28(23)32-29/h3-19H,1-2H3/b4-3-,9-5-. The topological polar surface area (TPSA) is 4.93 Å². The van der Waals surface area contributed by atoms with Gasteiger partial charge in [-0.25, -0.2) is 0 Å². The molecule has 0 aliphatic carbocycles. The van der Waals surface area contributed by atoms with Crippen LogP contribution in [0.5, 0.6) is 0 Å². The van der Waals surface area contributed by atoms with Crippen LogP contribution in [0.3, 0.4) is 0 Å². The molecule has 0 atom stereocenters. The third kappa shape index (κ3) is 2.91. The van der Waals surface area contributed by atoms with Crippen LogP contribution in [-0.4, -0.2) is 4.57 Å². The third-order valence-corrected chi connectivity index (χ3v) is 7.50. The number of hydrogen-bond acceptors (Lipinski definition) is 1. The van der Waals surface area contributed by atoms with Gasteiger partial charge in [0.2, 0.25) is 0 Å². The first-order chi connectivity index (χ1) is 15.7. The van der Waals surface area contributed by atoms with Gasteiger partial charge in [0.15, 0.2) is 0 Å². The number of fused-ring (bicyclic) bond motifs is 6. The first-order valence-corrected chi connectivity index (χ1v) is 11.8. The average Bonchev–Trinajstić information content (AvgIpc) is 3.34. The molecule has 0 spiro atoms. The van der Waals surface area contributed by atoms with E-state index in [1.54, 1.807) is 0 Å². The quantitative estimate of drug-likeness (QED) is 0.247. The van der Waals surface area contributed by atoms with E-state index in [0.29, 0.717) is 0 Å². The van der Waals surface area contributed by atoms with E-state index < -0.39 is 0 Å². The van der Waals surface area contributed by atoms with E-state index >= 15 is 0 Å². The maximum atomic E-state index is 2.36. The van der Waals surface area contributed by atoms with Crippen LogP contribution in [0.4, 0.5) is 0 Å². The zero-order valence-corrected chi connectivity index (χ0v) is 19.0. The lowest BCUT2D eigenvalue weighted by molar-refractivity contribution is 1.01. The van der Waals surface area contributed by atoms with Crippen molar-refractivity contribution in [2.24, 2.45) is 7.05 Å². The van der Waals surface area contributed by atoms with Crippen molar-refractivity contribution in [2.45, 2.75) is 6.92 Å². The van der Waals surface area contributed by atoms with Crippen LogP contribution in [0.1, 0.15) is 12.5 Å². The summed E-state index contributed by atoms with van der Waals surface area (Å²) in [4.78, 5) is 0. The molecule has 2 heterocycles. The molecular weight excluding hydrogens is 406 g/mol. The monoisotopic (exact) mass is 429 g/mol. The number of benzene rings is 4. The number of allylic oxidation sites excluding steroid dienone is 3. The molecule has 2 heteroatoms. The van der Waals surface area contributed by atoms with Crippen LogP contribution in [0.2, 0.25) is 0 Å². The summed E-state index contributed by atoms with van der Waals surface area (Å²) in [7, 11) is 2.16. The van der Waals surface area contributed by atoms with E-state index in [1.165, 1.54) is 58.7 Å². The molecule has 2 aromatic heterocycles. The Bertz CT molecular complexity index is 1690. The zero-order valence-electron chi connectivity index (χ0n) is 18.2. The Kier molecular flexibility index (Phi) is 4.48. The molecule has 0 saturated heterocycles. The summed E-state index contributed by atoms with van der Waals surface area (Å²) in [5.41, 5.74) is 6.30. The maximum absolute atomic E-state index is 2.36. The van der Waals surface area contributed by atoms with Crippen LogP contribution >= 0.6 is 11.3 Å². The molecule has 0 aliphatic heterocycles. The minimum atomic E-state index is 1.25. The van der Waals surface area contributed by atoms with Gasteiger partial charge in [-0.15, -0.1) is 11.3 Å². The van der Waals surface area contributed by atoms with Crippen molar-refractivity contribution in [1.82, 2.24) is 4.57 Å². The summed E-state index contributed by atoms with van der Waals surface area (Å²) < 4.78 is 5.00. The molecule has 0 bridgehead atoms. The molecule has 154 valence electrons. The highest BCUT2D eigenvalue weighted by Gasteiger charge is 2.13. The Labute approximate surface area is 191 Å².